The molecule has 1 N–H and O–H groups in total. The summed E-state index contributed by atoms with van der Waals surface area (Å²) in [6.45, 7) is 2.34. The first-order valence-corrected chi connectivity index (χ1v) is 12.3. The number of benzene rings is 1. The van der Waals surface area contributed by atoms with Crippen LogP contribution in [0.3, 0.4) is 0 Å². The average Bonchev–Trinajstić information content (AvgIpc) is 3.32. The number of hydrogen-bond donors (Lipinski definition) is 1. The van der Waals surface area contributed by atoms with Crippen LogP contribution >= 0.6 is 11.8 Å². The van der Waals surface area contributed by atoms with E-state index in [0.29, 0.717) is 40.9 Å². The number of nitrogens with zero attached hydrogens (tertiary/aromatic N) is 3. The zero-order valence-electron chi connectivity index (χ0n) is 20.6. The van der Waals surface area contributed by atoms with E-state index in [9.17, 15) is 9.59 Å². The van der Waals surface area contributed by atoms with Gasteiger partial charge in [-0.25, -0.2) is 9.79 Å². The maximum Gasteiger partial charge on any atom is 0.338 e. The van der Waals surface area contributed by atoms with Crippen molar-refractivity contribution in [1.82, 2.24) is 15.2 Å². The summed E-state index contributed by atoms with van der Waals surface area (Å²) in [5.41, 5.74) is 3.48. The Bertz CT molecular complexity index is 1240. The molecule has 0 bridgehead atoms. The van der Waals surface area contributed by atoms with Gasteiger partial charge in [-0.3, -0.25) is 9.78 Å². The molecule has 10 heteroatoms. The predicted molar refractivity (Wildman–Crippen MR) is 137 cm³/mol. The standard InChI is InChI=1S/C26H28N4O5S/c1-5-20-23(25(32)35-4)24(19-7-6-18(33-2)13-21(19)34-3)30-17(15-36-26(30)29-20)12-22(31)28-14-16-8-10-27-11-9-16/h6-11,13,15,24H,5,12,14H2,1-4H3,(H,28,31)/t24-/m0/s1. The summed E-state index contributed by atoms with van der Waals surface area (Å²) in [4.78, 5) is 36.6. The molecule has 36 heavy (non-hydrogen) atoms. The van der Waals surface area contributed by atoms with E-state index >= 15 is 0 Å². The quantitative estimate of drug-likeness (QED) is 0.508. The molecule has 2 aliphatic rings. The Hall–Kier alpha value is -3.79. The third kappa shape index (κ3) is 5.08. The molecule has 0 radical (unpaired) electrons. The number of thioether (sulfide) groups is 1. The third-order valence-electron chi connectivity index (χ3n) is 5.95. The lowest BCUT2D eigenvalue weighted by Gasteiger charge is -2.37. The number of pyridine rings is 1. The Morgan fingerprint density at radius 1 is 1.11 bits per heavy atom. The Morgan fingerprint density at radius 3 is 2.56 bits per heavy atom. The summed E-state index contributed by atoms with van der Waals surface area (Å²) < 4.78 is 16.2. The number of carbonyl (C=O) groups is 2. The summed E-state index contributed by atoms with van der Waals surface area (Å²) in [5, 5.41) is 5.55. The number of carbonyl (C=O) groups excluding carboxylic acids is 2. The Kier molecular flexibility index (Phi) is 7.94. The summed E-state index contributed by atoms with van der Waals surface area (Å²) in [6, 6.07) is 8.58. The van der Waals surface area contributed by atoms with Crippen molar-refractivity contribution in [3.8, 4) is 11.5 Å². The molecule has 0 spiro atoms. The van der Waals surface area contributed by atoms with Gasteiger partial charge in [-0.1, -0.05) is 18.7 Å². The molecule has 9 nitrogen and oxygen atoms in total. The minimum Gasteiger partial charge on any atom is -0.497 e. The zero-order valence-corrected chi connectivity index (χ0v) is 21.4. The number of amides is 1. The highest BCUT2D eigenvalue weighted by molar-refractivity contribution is 8.16. The smallest absolute Gasteiger partial charge is 0.338 e. The highest BCUT2D eigenvalue weighted by Gasteiger charge is 2.42. The molecule has 1 aromatic carbocycles. The van der Waals surface area contributed by atoms with Gasteiger partial charge in [0.25, 0.3) is 0 Å². The molecule has 1 aromatic heterocycles. The first-order valence-electron chi connectivity index (χ1n) is 11.4. The molecule has 2 aromatic rings. The van der Waals surface area contributed by atoms with Gasteiger partial charge in [-0.15, -0.1) is 0 Å². The molecule has 2 aliphatic heterocycles. The summed E-state index contributed by atoms with van der Waals surface area (Å²) >= 11 is 1.42. The highest BCUT2D eigenvalue weighted by Crippen LogP contribution is 2.48. The predicted octanol–water partition coefficient (Wildman–Crippen LogP) is 3.94. The van der Waals surface area contributed by atoms with Gasteiger partial charge in [0.15, 0.2) is 5.17 Å². The minimum atomic E-state index is -0.588. The zero-order chi connectivity index (χ0) is 25.7. The van der Waals surface area contributed by atoms with Crippen LogP contribution in [0.5, 0.6) is 11.5 Å². The number of hydrogen-bond acceptors (Lipinski definition) is 9. The van der Waals surface area contributed by atoms with Gasteiger partial charge >= 0.3 is 5.97 Å². The molecule has 1 atom stereocenters. The second-order valence-corrected chi connectivity index (χ2v) is 8.85. The first-order chi connectivity index (χ1) is 17.5. The van der Waals surface area contributed by atoms with E-state index in [2.05, 4.69) is 10.3 Å². The van der Waals surface area contributed by atoms with Crippen LogP contribution in [-0.2, 0) is 20.9 Å². The van der Waals surface area contributed by atoms with Crippen molar-refractivity contribution >= 4 is 28.8 Å². The maximum absolute atomic E-state index is 13.1. The molecular formula is C26H28N4O5S. The number of aromatic nitrogens is 1. The number of rotatable bonds is 9. The fourth-order valence-electron chi connectivity index (χ4n) is 4.18. The average molecular weight is 509 g/mol. The van der Waals surface area contributed by atoms with Crippen molar-refractivity contribution in [3.63, 3.8) is 0 Å². The number of allylic oxidation sites excluding steroid dienone is 1. The van der Waals surface area contributed by atoms with Crippen molar-refractivity contribution < 1.29 is 23.8 Å². The second-order valence-electron chi connectivity index (χ2n) is 8.02. The lowest BCUT2D eigenvalue weighted by molar-refractivity contribution is -0.136. The van der Waals surface area contributed by atoms with Gasteiger partial charge in [-0.05, 0) is 41.7 Å². The molecule has 0 aliphatic carbocycles. The van der Waals surface area contributed by atoms with Crippen molar-refractivity contribution in [2.45, 2.75) is 32.4 Å². The fraction of sp³-hybridized carbons (Fsp3) is 0.308. The van der Waals surface area contributed by atoms with E-state index < -0.39 is 12.0 Å². The topological polar surface area (TPSA) is 102 Å². The number of aliphatic imine (C=N–C) groups is 1. The van der Waals surface area contributed by atoms with Gasteiger partial charge in [0.2, 0.25) is 5.91 Å². The van der Waals surface area contributed by atoms with Crippen molar-refractivity contribution in [2.75, 3.05) is 21.3 Å². The van der Waals surface area contributed by atoms with Crippen molar-refractivity contribution in [2.24, 2.45) is 4.99 Å². The van der Waals surface area contributed by atoms with Crippen LogP contribution < -0.4 is 14.8 Å². The number of nitrogens with one attached hydrogen (secondary N) is 1. The lowest BCUT2D eigenvalue weighted by atomic mass is 9.92. The Labute approximate surface area is 214 Å². The highest BCUT2D eigenvalue weighted by atomic mass is 32.2. The number of fused-ring (bicyclic) bond motifs is 1. The summed E-state index contributed by atoms with van der Waals surface area (Å²) in [7, 11) is 4.50. The van der Waals surface area contributed by atoms with E-state index in [4.69, 9.17) is 19.2 Å². The molecule has 0 saturated carbocycles. The summed E-state index contributed by atoms with van der Waals surface area (Å²) in [6.07, 6.45) is 4.03. The minimum absolute atomic E-state index is 0.113. The molecule has 0 fully saturated rings. The van der Waals surface area contributed by atoms with Crippen LogP contribution in [-0.4, -0.2) is 48.3 Å². The van der Waals surface area contributed by atoms with Gasteiger partial charge < -0.3 is 24.4 Å². The van der Waals surface area contributed by atoms with E-state index in [0.717, 1.165) is 16.8 Å². The van der Waals surface area contributed by atoms with E-state index in [1.807, 2.05) is 41.5 Å². The van der Waals surface area contributed by atoms with Crippen molar-refractivity contribution in [1.29, 1.82) is 0 Å². The molecular weight excluding hydrogens is 480 g/mol. The molecule has 1 amide bonds. The Morgan fingerprint density at radius 2 is 1.89 bits per heavy atom. The van der Waals surface area contributed by atoms with Crippen LogP contribution in [0, 0.1) is 0 Å². The van der Waals surface area contributed by atoms with Gasteiger partial charge in [-0.2, -0.15) is 0 Å². The SMILES string of the molecule is CCC1=C(C(=O)OC)[C@H](c2ccc(OC)cc2OC)N2C(CC(=O)NCc3ccncc3)=CSC2=N1. The normalized spacial score (nSPS) is 16.7. The monoisotopic (exact) mass is 508 g/mol. The number of methoxy groups -OCH3 is 3. The second kappa shape index (κ2) is 11.3. The van der Waals surface area contributed by atoms with Gasteiger partial charge in [0.05, 0.1) is 45.1 Å². The van der Waals surface area contributed by atoms with Crippen LogP contribution in [0.1, 0.15) is 36.9 Å². The van der Waals surface area contributed by atoms with Crippen molar-refractivity contribution in [3.05, 3.63) is 76.2 Å². The van der Waals surface area contributed by atoms with Crippen LogP contribution in [0.2, 0.25) is 0 Å². The third-order valence-corrected chi connectivity index (χ3v) is 6.83. The van der Waals surface area contributed by atoms with E-state index in [-0.39, 0.29) is 12.3 Å². The largest absolute Gasteiger partial charge is 0.497 e. The first kappa shape index (κ1) is 25.3. The summed E-state index contributed by atoms with van der Waals surface area (Å²) in [5.74, 6) is 0.554. The molecule has 0 saturated heterocycles. The number of amidine groups is 1. The lowest BCUT2D eigenvalue weighted by Crippen LogP contribution is -2.38. The molecule has 4 rings (SSSR count). The van der Waals surface area contributed by atoms with Crippen LogP contribution in [0.4, 0.5) is 0 Å². The van der Waals surface area contributed by atoms with Gasteiger partial charge in [0.1, 0.15) is 11.5 Å². The van der Waals surface area contributed by atoms with Crippen LogP contribution in [0.25, 0.3) is 0 Å². The maximum atomic E-state index is 13.1. The van der Waals surface area contributed by atoms with Gasteiger partial charge in [0, 0.05) is 36.3 Å². The molecule has 3 heterocycles. The van der Waals surface area contributed by atoms with E-state index in [1.54, 1.807) is 32.7 Å². The number of esters is 1. The molecule has 188 valence electrons. The molecule has 0 unspecified atom stereocenters. The van der Waals surface area contributed by atoms with E-state index in [1.165, 1.54) is 18.9 Å². The Balaban J connectivity index is 1.70. The fourth-order valence-corrected chi connectivity index (χ4v) is 5.12. The van der Waals surface area contributed by atoms with Crippen LogP contribution in [0.15, 0.2) is 70.1 Å². The number of ether oxygens (including phenoxy) is 3.